The van der Waals surface area contributed by atoms with Crippen molar-refractivity contribution < 1.29 is 46.5 Å². The molecule has 4 atom stereocenters. The van der Waals surface area contributed by atoms with Crippen LogP contribution in [-0.2, 0) is 21.4 Å². The third-order valence-corrected chi connectivity index (χ3v) is 7.01. The van der Waals surface area contributed by atoms with Gasteiger partial charge in [-0.05, 0) is 50.4 Å². The average molecular weight is 449 g/mol. The molecule has 2 heterocycles. The summed E-state index contributed by atoms with van der Waals surface area (Å²) in [7, 11) is 2.20. The SMILES string of the molecule is CN1CC[C@]23c4c5ccc(O)c4O[C@H]2C(=O)CC[C@H]3[C@H]1C5.O=C(O)C(F)(F)C(F)(F)F. The van der Waals surface area contributed by atoms with Gasteiger partial charge in [0.25, 0.3) is 0 Å². The van der Waals surface area contributed by atoms with Crippen LogP contribution < -0.4 is 4.74 Å². The van der Waals surface area contributed by atoms with Crippen LogP contribution in [0.5, 0.6) is 11.5 Å². The van der Waals surface area contributed by atoms with E-state index < -0.39 is 18.1 Å². The van der Waals surface area contributed by atoms with Crippen LogP contribution in [0.3, 0.4) is 0 Å². The third-order valence-electron chi connectivity index (χ3n) is 7.01. The standard InChI is InChI=1S/C17H19NO3.C3HF5O2/c1-18-7-6-17-10-3-5-13(20)16(17)21-15-12(19)4-2-9(14(15)17)8-11(10)18;4-2(5,1(9)10)3(6,7)8/h2,4,10-11,16,19H,3,5-8H2,1H3;(H,9,10)/t10-,11+,16-,17-;/m0./s1. The van der Waals surface area contributed by atoms with E-state index in [1.807, 2.05) is 6.07 Å². The molecule has 0 unspecified atom stereocenters. The van der Waals surface area contributed by atoms with Crippen molar-refractivity contribution in [2.45, 2.75) is 55.3 Å². The minimum atomic E-state index is -6.02. The van der Waals surface area contributed by atoms with Crippen molar-refractivity contribution >= 4 is 11.8 Å². The van der Waals surface area contributed by atoms with Crippen molar-refractivity contribution in [3.05, 3.63) is 23.3 Å². The molecule has 0 aromatic heterocycles. The molecule has 2 bridgehead atoms. The molecule has 6 nitrogen and oxygen atoms in total. The van der Waals surface area contributed by atoms with Crippen LogP contribution in [-0.4, -0.2) is 64.7 Å². The van der Waals surface area contributed by atoms with Crippen molar-refractivity contribution in [3.8, 4) is 11.5 Å². The van der Waals surface area contributed by atoms with E-state index in [2.05, 4.69) is 11.9 Å². The van der Waals surface area contributed by atoms with E-state index in [9.17, 15) is 36.6 Å². The van der Waals surface area contributed by atoms with E-state index in [-0.39, 0.29) is 23.1 Å². The Morgan fingerprint density at radius 3 is 2.52 bits per heavy atom. The summed E-state index contributed by atoms with van der Waals surface area (Å²) in [5.41, 5.74) is 2.26. The summed E-state index contributed by atoms with van der Waals surface area (Å²) in [6.45, 7) is 1.00. The van der Waals surface area contributed by atoms with Gasteiger partial charge in [-0.25, -0.2) is 4.79 Å². The number of hydrogen-bond acceptors (Lipinski definition) is 5. The smallest absolute Gasteiger partial charge is 0.465 e. The van der Waals surface area contributed by atoms with Gasteiger partial charge in [0.05, 0.1) is 0 Å². The molecule has 1 saturated carbocycles. The normalized spacial score (nSPS) is 31.3. The fourth-order valence-electron chi connectivity index (χ4n) is 5.64. The van der Waals surface area contributed by atoms with Gasteiger partial charge in [-0.15, -0.1) is 0 Å². The van der Waals surface area contributed by atoms with Gasteiger partial charge in [0, 0.05) is 23.4 Å². The molecular formula is C20H20F5NO5. The molecule has 0 amide bonds. The number of phenols is 1. The Labute approximate surface area is 173 Å². The molecule has 31 heavy (non-hydrogen) atoms. The number of carboxylic acid groups (broad SMARTS) is 1. The summed E-state index contributed by atoms with van der Waals surface area (Å²) < 4.78 is 61.6. The van der Waals surface area contributed by atoms with E-state index in [0.717, 1.165) is 31.4 Å². The number of benzene rings is 1. The lowest BCUT2D eigenvalue weighted by Gasteiger charge is -2.57. The molecule has 2 fully saturated rings. The Morgan fingerprint density at radius 2 is 1.94 bits per heavy atom. The topological polar surface area (TPSA) is 87.1 Å². The lowest BCUT2D eigenvalue weighted by Crippen LogP contribution is -2.65. The van der Waals surface area contributed by atoms with Crippen LogP contribution in [0.1, 0.15) is 30.4 Å². The molecular weight excluding hydrogens is 429 g/mol. The lowest BCUT2D eigenvalue weighted by molar-refractivity contribution is -0.277. The number of ketones is 1. The van der Waals surface area contributed by atoms with Crippen molar-refractivity contribution in [2.75, 3.05) is 13.6 Å². The van der Waals surface area contributed by atoms with Crippen molar-refractivity contribution in [1.82, 2.24) is 4.90 Å². The van der Waals surface area contributed by atoms with Crippen molar-refractivity contribution in [3.63, 3.8) is 0 Å². The molecule has 4 aliphatic rings. The number of phenolic OH excluding ortho intramolecular Hbond substituents is 1. The van der Waals surface area contributed by atoms with E-state index in [4.69, 9.17) is 9.84 Å². The maximum atomic E-state index is 12.5. The van der Waals surface area contributed by atoms with E-state index in [1.54, 1.807) is 6.07 Å². The van der Waals surface area contributed by atoms with Gasteiger partial charge in [0.15, 0.2) is 23.4 Å². The van der Waals surface area contributed by atoms with Gasteiger partial charge < -0.3 is 19.8 Å². The van der Waals surface area contributed by atoms with Crippen molar-refractivity contribution in [1.29, 1.82) is 0 Å². The summed E-state index contributed by atoms with van der Waals surface area (Å²) in [6.07, 6.45) is -2.83. The molecule has 1 aromatic rings. The van der Waals surface area contributed by atoms with Crippen LogP contribution in [0.2, 0.25) is 0 Å². The van der Waals surface area contributed by atoms with Gasteiger partial charge in [-0.3, -0.25) is 4.79 Å². The van der Waals surface area contributed by atoms with Crippen LogP contribution in [0.25, 0.3) is 0 Å². The average Bonchev–Trinajstić information content (AvgIpc) is 3.03. The highest BCUT2D eigenvalue weighted by Crippen LogP contribution is 2.62. The molecule has 1 saturated heterocycles. The molecule has 170 valence electrons. The van der Waals surface area contributed by atoms with Gasteiger partial charge >= 0.3 is 18.1 Å². The molecule has 2 aliphatic heterocycles. The number of likely N-dealkylation sites (tertiary alicyclic amines) is 1. The van der Waals surface area contributed by atoms with E-state index in [0.29, 0.717) is 24.1 Å². The van der Waals surface area contributed by atoms with Crippen molar-refractivity contribution in [2.24, 2.45) is 5.92 Å². The Kier molecular flexibility index (Phi) is 4.77. The first-order valence-corrected chi connectivity index (χ1v) is 9.75. The third kappa shape index (κ3) is 2.92. The summed E-state index contributed by atoms with van der Waals surface area (Å²) in [4.78, 5) is 24.1. The Morgan fingerprint density at radius 1 is 1.26 bits per heavy atom. The number of nitrogens with zero attached hydrogens (tertiary/aromatic N) is 1. The first-order chi connectivity index (χ1) is 14.3. The van der Waals surface area contributed by atoms with Gasteiger partial charge in [-0.1, -0.05) is 6.07 Å². The van der Waals surface area contributed by atoms with E-state index >= 15 is 0 Å². The Balaban J connectivity index is 0.000000199. The molecule has 0 radical (unpaired) electrons. The first kappa shape index (κ1) is 21.8. The number of aromatic hydroxyl groups is 1. The van der Waals surface area contributed by atoms with Crippen LogP contribution in [0.15, 0.2) is 12.1 Å². The zero-order valence-electron chi connectivity index (χ0n) is 16.4. The molecule has 11 heteroatoms. The highest BCUT2D eigenvalue weighted by molar-refractivity contribution is 5.89. The molecule has 1 aromatic carbocycles. The fourth-order valence-corrected chi connectivity index (χ4v) is 5.64. The fraction of sp³-hybridized carbons (Fsp3) is 0.600. The molecule has 5 rings (SSSR count). The van der Waals surface area contributed by atoms with Gasteiger partial charge in [0.2, 0.25) is 0 Å². The number of piperidine rings is 1. The number of aliphatic carboxylic acids is 1. The summed E-state index contributed by atoms with van der Waals surface area (Å²) in [6, 6.07) is 4.26. The van der Waals surface area contributed by atoms with Crippen LogP contribution in [0.4, 0.5) is 22.0 Å². The zero-order chi connectivity index (χ0) is 22.9. The number of alkyl halides is 5. The number of halogens is 5. The number of ether oxygens (including phenoxy) is 1. The maximum Gasteiger partial charge on any atom is 0.465 e. The Bertz CT molecular complexity index is 949. The number of hydrogen-bond donors (Lipinski definition) is 2. The quantitative estimate of drug-likeness (QED) is 0.642. The number of carbonyl (C=O) groups is 2. The molecule has 2 N–H and O–H groups in total. The highest BCUT2D eigenvalue weighted by Gasteiger charge is 2.66. The highest BCUT2D eigenvalue weighted by atomic mass is 19.4. The number of Topliss-reactive ketones (excluding diaryl/α,β-unsaturated/α-hetero) is 1. The lowest BCUT2D eigenvalue weighted by atomic mass is 9.52. The predicted molar refractivity (Wildman–Crippen MR) is 95.3 cm³/mol. The first-order valence-electron chi connectivity index (χ1n) is 9.75. The maximum absolute atomic E-state index is 12.5. The second-order valence-corrected chi connectivity index (χ2v) is 8.48. The van der Waals surface area contributed by atoms with Crippen LogP contribution >= 0.6 is 0 Å². The second kappa shape index (κ2) is 6.78. The predicted octanol–water partition coefficient (Wildman–Crippen LogP) is 2.90. The number of carbonyl (C=O) groups excluding carboxylic acids is 1. The summed E-state index contributed by atoms with van der Waals surface area (Å²) in [5.74, 6) is -7.35. The van der Waals surface area contributed by atoms with E-state index in [1.165, 1.54) is 5.56 Å². The van der Waals surface area contributed by atoms with Gasteiger partial charge in [0.1, 0.15) is 0 Å². The molecule has 2 aliphatic carbocycles. The number of carboxylic acids is 1. The second-order valence-electron chi connectivity index (χ2n) is 8.48. The summed E-state index contributed by atoms with van der Waals surface area (Å²) >= 11 is 0. The molecule has 1 spiro atoms. The zero-order valence-corrected chi connectivity index (χ0v) is 16.4. The Hall–Kier alpha value is -2.43. The monoisotopic (exact) mass is 449 g/mol. The minimum absolute atomic E-state index is 0.172. The largest absolute Gasteiger partial charge is 0.504 e. The van der Waals surface area contributed by atoms with Crippen LogP contribution in [0, 0.1) is 5.92 Å². The van der Waals surface area contributed by atoms with Gasteiger partial charge in [-0.2, -0.15) is 22.0 Å². The number of likely N-dealkylation sites (N-methyl/N-ethyl adjacent to an activating group) is 1. The minimum Gasteiger partial charge on any atom is -0.504 e. The number of rotatable bonds is 1. The summed E-state index contributed by atoms with van der Waals surface area (Å²) in [5, 5.41) is 17.5.